The molecule has 0 saturated carbocycles. The zero-order chi connectivity index (χ0) is 15.1. The van der Waals surface area contributed by atoms with Crippen LogP contribution in [0.4, 0.5) is 8.78 Å². The van der Waals surface area contributed by atoms with E-state index in [4.69, 9.17) is 11.6 Å². The third-order valence-electron chi connectivity index (χ3n) is 2.84. The molecule has 2 aromatic carbocycles. The summed E-state index contributed by atoms with van der Waals surface area (Å²) < 4.78 is 28.3. The summed E-state index contributed by atoms with van der Waals surface area (Å²) >= 11 is 12.9. The van der Waals surface area contributed by atoms with Crippen LogP contribution >= 0.6 is 43.5 Å². The van der Waals surface area contributed by atoms with E-state index >= 15 is 0 Å². The molecule has 0 spiro atoms. The highest BCUT2D eigenvalue weighted by Crippen LogP contribution is 2.33. The van der Waals surface area contributed by atoms with Crippen LogP contribution in [0, 0.1) is 11.6 Å². The predicted octanol–water partition coefficient (Wildman–Crippen LogP) is 5.75. The van der Waals surface area contributed by atoms with Crippen LogP contribution in [-0.2, 0) is 0 Å². The van der Waals surface area contributed by atoms with Gasteiger partial charge < -0.3 is 0 Å². The van der Waals surface area contributed by atoms with Crippen LogP contribution < -0.4 is 0 Å². The van der Waals surface area contributed by atoms with E-state index in [1.54, 1.807) is 12.1 Å². The summed E-state index contributed by atoms with van der Waals surface area (Å²) in [6.45, 7) is 0. The highest BCUT2D eigenvalue weighted by atomic mass is 79.9. The highest BCUT2D eigenvalue weighted by Gasteiger charge is 2.14. The van der Waals surface area contributed by atoms with E-state index in [2.05, 4.69) is 41.8 Å². The van der Waals surface area contributed by atoms with Gasteiger partial charge in [0.2, 0.25) is 0 Å². The van der Waals surface area contributed by atoms with Crippen molar-refractivity contribution in [2.45, 2.75) is 0 Å². The Morgan fingerprint density at radius 2 is 1.76 bits per heavy atom. The van der Waals surface area contributed by atoms with Gasteiger partial charge in [-0.05, 0) is 40.2 Å². The molecule has 21 heavy (non-hydrogen) atoms. The van der Waals surface area contributed by atoms with Crippen LogP contribution in [0.15, 0.2) is 39.3 Å². The maximum atomic E-state index is 13.9. The van der Waals surface area contributed by atoms with E-state index in [1.165, 1.54) is 6.07 Å². The van der Waals surface area contributed by atoms with Crippen LogP contribution in [0.25, 0.3) is 22.3 Å². The zero-order valence-corrected chi connectivity index (χ0v) is 14.1. The van der Waals surface area contributed by atoms with Gasteiger partial charge in [0, 0.05) is 20.4 Å². The highest BCUT2D eigenvalue weighted by molar-refractivity contribution is 9.11. The molecule has 3 rings (SSSR count). The Balaban J connectivity index is 2.30. The second kappa shape index (κ2) is 5.59. The number of halogens is 5. The van der Waals surface area contributed by atoms with Gasteiger partial charge >= 0.3 is 0 Å². The molecule has 0 aliphatic carbocycles. The van der Waals surface area contributed by atoms with Crippen LogP contribution in [0.5, 0.6) is 0 Å². The Bertz CT molecular complexity index is 871. The molecule has 0 radical (unpaired) electrons. The Kier molecular flexibility index (Phi) is 3.94. The summed E-state index contributed by atoms with van der Waals surface area (Å²) in [5, 5.41) is 0.824. The fourth-order valence-electron chi connectivity index (χ4n) is 1.91. The van der Waals surface area contributed by atoms with Gasteiger partial charge in [0.25, 0.3) is 0 Å². The summed E-state index contributed by atoms with van der Waals surface area (Å²) in [4.78, 5) is 8.41. The van der Waals surface area contributed by atoms with Gasteiger partial charge in [-0.2, -0.15) is 0 Å². The van der Waals surface area contributed by atoms with Crippen molar-refractivity contribution in [1.29, 1.82) is 0 Å². The van der Waals surface area contributed by atoms with Gasteiger partial charge in [-0.25, -0.2) is 18.7 Å². The number of aromatic nitrogens is 2. The van der Waals surface area contributed by atoms with E-state index in [0.717, 1.165) is 16.6 Å². The van der Waals surface area contributed by atoms with Crippen molar-refractivity contribution in [1.82, 2.24) is 9.97 Å². The predicted molar refractivity (Wildman–Crippen MR) is 85.3 cm³/mol. The molecule has 0 unspecified atom stereocenters. The van der Waals surface area contributed by atoms with E-state index in [1.807, 2.05) is 0 Å². The molecule has 0 saturated heterocycles. The minimum atomic E-state index is -0.737. The van der Waals surface area contributed by atoms with Crippen molar-refractivity contribution in [3.05, 3.63) is 56.1 Å². The van der Waals surface area contributed by atoms with Crippen molar-refractivity contribution in [3.8, 4) is 11.4 Å². The standard InChI is InChI=1S/C14H5Br2ClF2N2/c15-6-3-9-12(10(16)4-6)20-14(21-13(9)17)8-2-1-7(18)5-11(8)19/h1-5H. The van der Waals surface area contributed by atoms with E-state index < -0.39 is 11.6 Å². The molecule has 0 bridgehead atoms. The molecule has 1 aromatic heterocycles. The molecule has 1 heterocycles. The molecule has 0 aliphatic rings. The number of rotatable bonds is 1. The Morgan fingerprint density at radius 3 is 2.48 bits per heavy atom. The molecule has 7 heteroatoms. The smallest absolute Gasteiger partial charge is 0.164 e. The third-order valence-corrected chi connectivity index (χ3v) is 4.19. The molecule has 0 atom stereocenters. The lowest BCUT2D eigenvalue weighted by molar-refractivity contribution is 0.585. The summed E-state index contributed by atoms with van der Waals surface area (Å²) in [7, 11) is 0. The van der Waals surface area contributed by atoms with Gasteiger partial charge in [0.05, 0.1) is 11.1 Å². The maximum Gasteiger partial charge on any atom is 0.164 e. The van der Waals surface area contributed by atoms with Gasteiger partial charge in [-0.3, -0.25) is 0 Å². The Labute approximate surface area is 140 Å². The number of nitrogens with zero attached hydrogens (tertiary/aromatic N) is 2. The summed E-state index contributed by atoms with van der Waals surface area (Å²) in [6.07, 6.45) is 0. The van der Waals surface area contributed by atoms with Gasteiger partial charge in [-0.1, -0.05) is 27.5 Å². The molecule has 2 nitrogen and oxygen atoms in total. The minimum absolute atomic E-state index is 0.0926. The second-order valence-electron chi connectivity index (χ2n) is 4.25. The van der Waals surface area contributed by atoms with Gasteiger partial charge in [0.15, 0.2) is 5.82 Å². The quantitative estimate of drug-likeness (QED) is 0.456. The zero-order valence-electron chi connectivity index (χ0n) is 10.2. The summed E-state index contributed by atoms with van der Waals surface area (Å²) in [6, 6.07) is 6.79. The fraction of sp³-hybridized carbons (Fsp3) is 0. The molecule has 3 aromatic rings. The van der Waals surface area contributed by atoms with E-state index in [-0.39, 0.29) is 16.5 Å². The molecule has 0 N–H and O–H groups in total. The molecular formula is C14H5Br2ClF2N2. The molecule has 106 valence electrons. The first-order chi connectivity index (χ1) is 9.95. The topological polar surface area (TPSA) is 25.8 Å². The number of fused-ring (bicyclic) bond motifs is 1. The number of hydrogen-bond donors (Lipinski definition) is 0. The average Bonchev–Trinajstić information content (AvgIpc) is 2.40. The second-order valence-corrected chi connectivity index (χ2v) is 6.37. The van der Waals surface area contributed by atoms with Crippen molar-refractivity contribution in [2.75, 3.05) is 0 Å². The molecular weight excluding hydrogens is 429 g/mol. The largest absolute Gasteiger partial charge is 0.227 e. The fourth-order valence-corrected chi connectivity index (χ4v) is 3.45. The molecule has 0 amide bonds. The van der Waals surface area contributed by atoms with E-state index in [9.17, 15) is 8.78 Å². The Hall–Kier alpha value is -1.11. The molecule has 0 fully saturated rings. The lowest BCUT2D eigenvalue weighted by Gasteiger charge is -2.07. The van der Waals surface area contributed by atoms with Crippen LogP contribution in [-0.4, -0.2) is 9.97 Å². The first kappa shape index (κ1) is 14.8. The van der Waals surface area contributed by atoms with Gasteiger partial charge in [-0.15, -0.1) is 0 Å². The van der Waals surface area contributed by atoms with Crippen molar-refractivity contribution >= 4 is 54.4 Å². The first-order valence-electron chi connectivity index (χ1n) is 5.73. The third kappa shape index (κ3) is 2.80. The maximum absolute atomic E-state index is 13.9. The first-order valence-corrected chi connectivity index (χ1v) is 7.70. The van der Waals surface area contributed by atoms with Crippen LogP contribution in [0.3, 0.4) is 0 Å². The monoisotopic (exact) mass is 432 g/mol. The Morgan fingerprint density at radius 1 is 1.00 bits per heavy atom. The number of benzene rings is 2. The van der Waals surface area contributed by atoms with Gasteiger partial charge in [0.1, 0.15) is 16.8 Å². The van der Waals surface area contributed by atoms with Crippen LogP contribution in [0.2, 0.25) is 5.15 Å². The number of hydrogen-bond acceptors (Lipinski definition) is 2. The lowest BCUT2D eigenvalue weighted by atomic mass is 10.2. The van der Waals surface area contributed by atoms with Crippen molar-refractivity contribution in [2.24, 2.45) is 0 Å². The van der Waals surface area contributed by atoms with Crippen molar-refractivity contribution < 1.29 is 8.78 Å². The SMILES string of the molecule is Fc1ccc(-c2nc(Cl)c3cc(Br)cc(Br)c3n2)c(F)c1. The average molecular weight is 434 g/mol. The van der Waals surface area contributed by atoms with E-state index in [0.29, 0.717) is 15.4 Å². The van der Waals surface area contributed by atoms with Crippen LogP contribution in [0.1, 0.15) is 0 Å². The lowest BCUT2D eigenvalue weighted by Crippen LogP contribution is -1.95. The summed E-state index contributed by atoms with van der Waals surface area (Å²) in [5.41, 5.74) is 0.645. The normalized spacial score (nSPS) is 11.1. The minimum Gasteiger partial charge on any atom is -0.227 e. The van der Waals surface area contributed by atoms with Crippen molar-refractivity contribution in [3.63, 3.8) is 0 Å². The summed E-state index contributed by atoms with van der Waals surface area (Å²) in [5.74, 6) is -1.29. The molecule has 0 aliphatic heterocycles.